The molecule has 1 aliphatic carbocycles. The summed E-state index contributed by atoms with van der Waals surface area (Å²) >= 11 is 6.32. The van der Waals surface area contributed by atoms with E-state index >= 15 is 0 Å². The summed E-state index contributed by atoms with van der Waals surface area (Å²) in [5.41, 5.74) is 1.82. The number of benzene rings is 1. The highest BCUT2D eigenvalue weighted by Gasteiger charge is 2.31. The molecule has 1 nitrogen and oxygen atoms in total. The molecular formula is C18H28ClN. The van der Waals surface area contributed by atoms with Gasteiger partial charge in [0.25, 0.3) is 0 Å². The number of likely N-dealkylation sites (N-methyl/N-ethyl adjacent to an activating group) is 1. The maximum Gasteiger partial charge on any atom is 0.0438 e. The van der Waals surface area contributed by atoms with E-state index in [2.05, 4.69) is 38.2 Å². The third-order valence-electron chi connectivity index (χ3n) is 4.82. The van der Waals surface area contributed by atoms with Crippen LogP contribution in [0.2, 0.25) is 5.02 Å². The molecule has 0 spiro atoms. The number of nitrogens with one attached hydrogen (secondary N) is 1. The van der Waals surface area contributed by atoms with Crippen LogP contribution in [0.4, 0.5) is 0 Å². The van der Waals surface area contributed by atoms with E-state index in [4.69, 9.17) is 11.6 Å². The van der Waals surface area contributed by atoms with Crippen molar-refractivity contribution in [2.24, 2.45) is 11.3 Å². The Morgan fingerprint density at radius 3 is 2.50 bits per heavy atom. The Balaban J connectivity index is 2.02. The molecule has 112 valence electrons. The molecule has 0 radical (unpaired) electrons. The molecule has 0 saturated heterocycles. The zero-order valence-corrected chi connectivity index (χ0v) is 13.8. The minimum Gasteiger partial charge on any atom is -0.314 e. The van der Waals surface area contributed by atoms with Crippen molar-refractivity contribution in [3.63, 3.8) is 0 Å². The first-order chi connectivity index (χ1) is 9.52. The van der Waals surface area contributed by atoms with Crippen LogP contribution in [0.3, 0.4) is 0 Å². The van der Waals surface area contributed by atoms with Crippen molar-refractivity contribution >= 4 is 11.6 Å². The fourth-order valence-electron chi connectivity index (χ4n) is 3.39. The Labute approximate surface area is 129 Å². The molecule has 1 saturated carbocycles. The summed E-state index contributed by atoms with van der Waals surface area (Å²) in [5.74, 6) is 0.791. The van der Waals surface area contributed by atoms with E-state index in [-0.39, 0.29) is 0 Å². The van der Waals surface area contributed by atoms with E-state index in [1.807, 2.05) is 12.1 Å². The second-order valence-electron chi connectivity index (χ2n) is 6.96. The molecule has 1 atom stereocenters. The van der Waals surface area contributed by atoms with Gasteiger partial charge >= 0.3 is 0 Å². The minimum atomic E-state index is 0.539. The van der Waals surface area contributed by atoms with Gasteiger partial charge in [0.1, 0.15) is 0 Å². The molecule has 1 aromatic rings. The summed E-state index contributed by atoms with van der Waals surface area (Å²) in [5, 5.41) is 4.61. The summed E-state index contributed by atoms with van der Waals surface area (Å²) in [4.78, 5) is 0. The SMILES string of the molecule is CCNC(Cc1ccccc1Cl)C1CCC(C)(C)CC1. The van der Waals surface area contributed by atoms with Gasteiger partial charge in [0.2, 0.25) is 0 Å². The monoisotopic (exact) mass is 293 g/mol. The second-order valence-corrected chi connectivity index (χ2v) is 7.37. The van der Waals surface area contributed by atoms with Crippen molar-refractivity contribution in [1.29, 1.82) is 0 Å². The maximum atomic E-state index is 6.32. The zero-order valence-electron chi connectivity index (χ0n) is 13.1. The lowest BCUT2D eigenvalue weighted by Crippen LogP contribution is -2.40. The normalized spacial score (nSPS) is 20.8. The summed E-state index contributed by atoms with van der Waals surface area (Å²) < 4.78 is 0. The predicted octanol–water partition coefficient (Wildman–Crippen LogP) is 5.08. The van der Waals surface area contributed by atoms with Gasteiger partial charge in [-0.1, -0.05) is 50.6 Å². The molecular weight excluding hydrogens is 266 g/mol. The molecule has 2 heteroatoms. The average molecular weight is 294 g/mol. The van der Waals surface area contributed by atoms with Gasteiger partial charge in [-0.2, -0.15) is 0 Å². The predicted molar refractivity (Wildman–Crippen MR) is 88.4 cm³/mol. The molecule has 20 heavy (non-hydrogen) atoms. The Morgan fingerprint density at radius 2 is 1.90 bits per heavy atom. The molecule has 1 aromatic carbocycles. The first kappa shape index (κ1) is 15.9. The number of halogens is 1. The molecule has 1 aliphatic rings. The molecule has 0 aliphatic heterocycles. The van der Waals surface area contributed by atoms with Crippen LogP contribution in [-0.4, -0.2) is 12.6 Å². The summed E-state index contributed by atoms with van der Waals surface area (Å²) in [6.45, 7) is 8.04. The topological polar surface area (TPSA) is 12.0 Å². The van der Waals surface area contributed by atoms with Gasteiger partial charge < -0.3 is 5.32 Å². The second kappa shape index (κ2) is 6.95. The van der Waals surface area contributed by atoms with Crippen molar-refractivity contribution in [2.75, 3.05) is 6.54 Å². The van der Waals surface area contributed by atoms with Gasteiger partial charge in [-0.25, -0.2) is 0 Å². The van der Waals surface area contributed by atoms with Gasteiger partial charge in [-0.15, -0.1) is 0 Å². The number of hydrogen-bond donors (Lipinski definition) is 1. The Morgan fingerprint density at radius 1 is 1.25 bits per heavy atom. The van der Waals surface area contributed by atoms with Crippen LogP contribution < -0.4 is 5.32 Å². The molecule has 1 N–H and O–H groups in total. The average Bonchev–Trinajstić information content (AvgIpc) is 2.41. The molecule has 0 heterocycles. The fourth-order valence-corrected chi connectivity index (χ4v) is 3.61. The van der Waals surface area contributed by atoms with E-state index < -0.39 is 0 Å². The van der Waals surface area contributed by atoms with Crippen LogP contribution >= 0.6 is 11.6 Å². The van der Waals surface area contributed by atoms with Crippen LogP contribution in [0, 0.1) is 11.3 Å². The molecule has 1 unspecified atom stereocenters. The Kier molecular flexibility index (Phi) is 5.51. The van der Waals surface area contributed by atoms with Crippen molar-refractivity contribution in [3.8, 4) is 0 Å². The van der Waals surface area contributed by atoms with Crippen molar-refractivity contribution < 1.29 is 0 Å². The van der Waals surface area contributed by atoms with Crippen LogP contribution in [-0.2, 0) is 6.42 Å². The van der Waals surface area contributed by atoms with Gasteiger partial charge in [-0.05, 0) is 61.6 Å². The lowest BCUT2D eigenvalue weighted by molar-refractivity contribution is 0.161. The molecule has 0 aromatic heterocycles. The third kappa shape index (κ3) is 4.23. The van der Waals surface area contributed by atoms with Gasteiger partial charge in [0, 0.05) is 11.1 Å². The van der Waals surface area contributed by atoms with Crippen LogP contribution in [0.15, 0.2) is 24.3 Å². The number of hydrogen-bond acceptors (Lipinski definition) is 1. The zero-order chi connectivity index (χ0) is 14.6. The van der Waals surface area contributed by atoms with E-state index in [0.29, 0.717) is 11.5 Å². The van der Waals surface area contributed by atoms with Gasteiger partial charge in [0.05, 0.1) is 0 Å². The van der Waals surface area contributed by atoms with E-state index in [0.717, 1.165) is 23.9 Å². The smallest absolute Gasteiger partial charge is 0.0438 e. The third-order valence-corrected chi connectivity index (χ3v) is 5.19. The lowest BCUT2D eigenvalue weighted by atomic mass is 9.70. The van der Waals surface area contributed by atoms with E-state index in [9.17, 15) is 0 Å². The highest BCUT2D eigenvalue weighted by atomic mass is 35.5. The van der Waals surface area contributed by atoms with Crippen molar-refractivity contribution in [3.05, 3.63) is 34.9 Å². The summed E-state index contributed by atoms with van der Waals surface area (Å²) in [7, 11) is 0. The standard InChI is InChI=1S/C18H28ClN/c1-4-20-17(13-15-7-5-6-8-16(15)19)14-9-11-18(2,3)12-10-14/h5-8,14,17,20H,4,9-13H2,1-3H3. The van der Waals surface area contributed by atoms with Crippen molar-refractivity contribution in [1.82, 2.24) is 5.32 Å². The van der Waals surface area contributed by atoms with Crippen LogP contribution in [0.25, 0.3) is 0 Å². The van der Waals surface area contributed by atoms with Gasteiger partial charge in [0.15, 0.2) is 0 Å². The number of rotatable bonds is 5. The van der Waals surface area contributed by atoms with Crippen LogP contribution in [0.5, 0.6) is 0 Å². The van der Waals surface area contributed by atoms with Crippen LogP contribution in [0.1, 0.15) is 52.0 Å². The minimum absolute atomic E-state index is 0.539. The van der Waals surface area contributed by atoms with Crippen molar-refractivity contribution in [2.45, 2.75) is 58.9 Å². The first-order valence-electron chi connectivity index (χ1n) is 7.98. The van der Waals surface area contributed by atoms with E-state index in [1.165, 1.54) is 31.2 Å². The summed E-state index contributed by atoms with van der Waals surface area (Å²) in [6.07, 6.45) is 6.44. The highest BCUT2D eigenvalue weighted by molar-refractivity contribution is 6.31. The largest absolute Gasteiger partial charge is 0.314 e. The highest BCUT2D eigenvalue weighted by Crippen LogP contribution is 2.39. The van der Waals surface area contributed by atoms with E-state index in [1.54, 1.807) is 0 Å². The molecule has 0 amide bonds. The first-order valence-corrected chi connectivity index (χ1v) is 8.36. The molecule has 1 fully saturated rings. The molecule has 2 rings (SSSR count). The molecule has 0 bridgehead atoms. The quantitative estimate of drug-likeness (QED) is 0.798. The van der Waals surface area contributed by atoms with Gasteiger partial charge in [-0.3, -0.25) is 0 Å². The lowest BCUT2D eigenvalue weighted by Gasteiger charge is -2.38. The Hall–Kier alpha value is -0.530. The fraction of sp³-hybridized carbons (Fsp3) is 0.667. The summed E-state index contributed by atoms with van der Waals surface area (Å²) in [6, 6.07) is 8.84. The Bertz CT molecular complexity index is 417. The maximum absolute atomic E-state index is 6.32.